The van der Waals surface area contributed by atoms with Crippen molar-refractivity contribution in [2.45, 2.75) is 38.6 Å². The molecule has 0 aliphatic heterocycles. The molecule has 4 unspecified atom stereocenters. The summed E-state index contributed by atoms with van der Waals surface area (Å²) in [4.78, 5) is 25.1. The van der Waals surface area contributed by atoms with Crippen LogP contribution in [0.2, 0.25) is 0 Å². The van der Waals surface area contributed by atoms with Crippen LogP contribution >= 0.6 is 11.3 Å². The van der Waals surface area contributed by atoms with Gasteiger partial charge >= 0.3 is 0 Å². The number of fused-ring (bicyclic) bond motifs is 2. The summed E-state index contributed by atoms with van der Waals surface area (Å²) in [6.07, 6.45) is 6.73. The molecule has 2 aliphatic rings. The van der Waals surface area contributed by atoms with Crippen LogP contribution in [0.5, 0.6) is 0 Å². The standard InChI is InChI=1S/C19H22N2O3S/c1-11(14-10-12-4-5-13(14)9-12)20-19(23)16-6-7-17(25-16)21-18(22)15-3-2-8-24-15/h2-3,6-8,11-14H,4-5,9-10H2,1H3,(H,20,23)(H,21,22). The van der Waals surface area contributed by atoms with E-state index in [4.69, 9.17) is 4.42 Å². The number of furan rings is 1. The van der Waals surface area contributed by atoms with Gasteiger partial charge in [0.1, 0.15) is 0 Å². The van der Waals surface area contributed by atoms with E-state index in [1.54, 1.807) is 24.3 Å². The Bertz CT molecular complexity index is 767. The summed E-state index contributed by atoms with van der Waals surface area (Å²) in [5.41, 5.74) is 0. The van der Waals surface area contributed by atoms with Crippen LogP contribution in [0.25, 0.3) is 0 Å². The van der Waals surface area contributed by atoms with E-state index in [1.165, 1.54) is 43.3 Å². The molecule has 132 valence electrons. The Morgan fingerprint density at radius 3 is 2.76 bits per heavy atom. The fourth-order valence-corrected chi connectivity index (χ4v) is 5.20. The lowest BCUT2D eigenvalue weighted by molar-refractivity contribution is 0.0918. The van der Waals surface area contributed by atoms with Gasteiger partial charge in [0.2, 0.25) is 0 Å². The van der Waals surface area contributed by atoms with E-state index in [0.717, 1.165) is 11.8 Å². The number of hydrogen-bond donors (Lipinski definition) is 2. The fraction of sp³-hybridized carbons (Fsp3) is 0.474. The first-order chi connectivity index (χ1) is 12.1. The van der Waals surface area contributed by atoms with Gasteiger partial charge < -0.3 is 15.1 Å². The monoisotopic (exact) mass is 358 g/mol. The van der Waals surface area contributed by atoms with Crippen LogP contribution in [0.15, 0.2) is 34.9 Å². The zero-order valence-corrected chi connectivity index (χ0v) is 15.0. The molecular weight excluding hydrogens is 336 g/mol. The summed E-state index contributed by atoms with van der Waals surface area (Å²) in [7, 11) is 0. The molecule has 0 spiro atoms. The normalized spacial score (nSPS) is 25.7. The molecule has 2 fully saturated rings. The van der Waals surface area contributed by atoms with E-state index in [9.17, 15) is 9.59 Å². The van der Waals surface area contributed by atoms with Crippen molar-refractivity contribution >= 4 is 28.2 Å². The third kappa shape index (κ3) is 3.35. The largest absolute Gasteiger partial charge is 0.459 e. The van der Waals surface area contributed by atoms with Crippen LogP contribution in [0, 0.1) is 17.8 Å². The zero-order chi connectivity index (χ0) is 17.4. The number of nitrogens with one attached hydrogen (secondary N) is 2. The molecule has 2 aromatic heterocycles. The first-order valence-electron chi connectivity index (χ1n) is 8.85. The van der Waals surface area contributed by atoms with Gasteiger partial charge in [-0.2, -0.15) is 0 Å². The second-order valence-electron chi connectivity index (χ2n) is 7.20. The van der Waals surface area contributed by atoms with Gasteiger partial charge in [-0.05, 0) is 68.2 Å². The molecule has 2 bridgehead atoms. The maximum Gasteiger partial charge on any atom is 0.291 e. The highest BCUT2D eigenvalue weighted by Crippen LogP contribution is 2.49. The molecule has 5 nitrogen and oxygen atoms in total. The highest BCUT2D eigenvalue weighted by atomic mass is 32.1. The minimum absolute atomic E-state index is 0.0567. The number of carbonyl (C=O) groups is 2. The third-order valence-corrected chi connectivity index (χ3v) is 6.60. The van der Waals surface area contributed by atoms with E-state index in [-0.39, 0.29) is 23.6 Å². The maximum absolute atomic E-state index is 12.5. The molecule has 2 aromatic rings. The number of thiophene rings is 1. The predicted molar refractivity (Wildman–Crippen MR) is 96.8 cm³/mol. The van der Waals surface area contributed by atoms with Gasteiger partial charge in [-0.1, -0.05) is 6.42 Å². The van der Waals surface area contributed by atoms with Crippen LogP contribution in [0.3, 0.4) is 0 Å². The van der Waals surface area contributed by atoms with E-state index in [0.29, 0.717) is 15.8 Å². The van der Waals surface area contributed by atoms with Crippen molar-refractivity contribution in [1.82, 2.24) is 5.32 Å². The summed E-state index contributed by atoms with van der Waals surface area (Å²) in [5, 5.41) is 6.55. The highest BCUT2D eigenvalue weighted by molar-refractivity contribution is 7.18. The number of hydrogen-bond acceptors (Lipinski definition) is 4. The van der Waals surface area contributed by atoms with Crippen LogP contribution in [-0.2, 0) is 0 Å². The van der Waals surface area contributed by atoms with E-state index in [2.05, 4.69) is 17.6 Å². The summed E-state index contributed by atoms with van der Waals surface area (Å²) < 4.78 is 5.07. The average molecular weight is 358 g/mol. The van der Waals surface area contributed by atoms with Crippen molar-refractivity contribution in [3.63, 3.8) is 0 Å². The summed E-state index contributed by atoms with van der Waals surface area (Å²) in [5.74, 6) is 2.16. The lowest BCUT2D eigenvalue weighted by Crippen LogP contribution is -2.39. The second-order valence-corrected chi connectivity index (χ2v) is 8.28. The Hall–Kier alpha value is -2.08. The first kappa shape index (κ1) is 16.4. The Kier molecular flexibility index (Phi) is 4.37. The zero-order valence-electron chi connectivity index (χ0n) is 14.2. The SMILES string of the molecule is CC(NC(=O)c1ccc(NC(=O)c2ccco2)s1)C1CC2CCC1C2. The number of anilines is 1. The molecule has 2 amide bonds. The van der Waals surface area contributed by atoms with Crippen molar-refractivity contribution in [2.24, 2.45) is 17.8 Å². The van der Waals surface area contributed by atoms with Crippen molar-refractivity contribution in [3.8, 4) is 0 Å². The van der Waals surface area contributed by atoms with Gasteiger partial charge in [-0.3, -0.25) is 9.59 Å². The Balaban J connectivity index is 1.35. The first-order valence-corrected chi connectivity index (χ1v) is 9.67. The number of rotatable bonds is 5. The summed E-state index contributed by atoms with van der Waals surface area (Å²) in [6, 6.07) is 6.98. The van der Waals surface area contributed by atoms with Crippen molar-refractivity contribution in [1.29, 1.82) is 0 Å². The van der Waals surface area contributed by atoms with Gasteiger partial charge in [0.25, 0.3) is 11.8 Å². The van der Waals surface area contributed by atoms with Gasteiger partial charge in [-0.25, -0.2) is 0 Å². The van der Waals surface area contributed by atoms with E-state index < -0.39 is 0 Å². The van der Waals surface area contributed by atoms with Gasteiger partial charge in [0, 0.05) is 6.04 Å². The molecule has 0 aromatic carbocycles. The van der Waals surface area contributed by atoms with Gasteiger partial charge in [0.15, 0.2) is 5.76 Å². The predicted octanol–water partition coefficient (Wildman–Crippen LogP) is 4.15. The summed E-state index contributed by atoms with van der Waals surface area (Å²) in [6.45, 7) is 2.12. The molecule has 4 rings (SSSR count). The Labute approximate surface area is 150 Å². The van der Waals surface area contributed by atoms with Crippen molar-refractivity contribution in [2.75, 3.05) is 5.32 Å². The average Bonchev–Trinajstić information content (AvgIpc) is 3.36. The molecular formula is C19H22N2O3S. The minimum atomic E-state index is -0.311. The lowest BCUT2D eigenvalue weighted by Gasteiger charge is -2.28. The minimum Gasteiger partial charge on any atom is -0.459 e. The highest BCUT2D eigenvalue weighted by Gasteiger charge is 2.42. The number of amides is 2. The van der Waals surface area contributed by atoms with Crippen molar-refractivity contribution in [3.05, 3.63) is 41.2 Å². The molecule has 2 N–H and O–H groups in total. The quantitative estimate of drug-likeness (QED) is 0.843. The lowest BCUT2D eigenvalue weighted by atomic mass is 9.84. The summed E-state index contributed by atoms with van der Waals surface area (Å²) >= 11 is 1.28. The molecule has 2 saturated carbocycles. The van der Waals surface area contributed by atoms with E-state index >= 15 is 0 Å². The molecule has 2 aliphatic carbocycles. The third-order valence-electron chi connectivity index (χ3n) is 5.61. The topological polar surface area (TPSA) is 71.3 Å². The second kappa shape index (κ2) is 6.67. The molecule has 2 heterocycles. The molecule has 0 saturated heterocycles. The van der Waals surface area contributed by atoms with E-state index in [1.807, 2.05) is 0 Å². The van der Waals surface area contributed by atoms with Gasteiger partial charge in [0.05, 0.1) is 16.1 Å². The Morgan fingerprint density at radius 2 is 2.08 bits per heavy atom. The molecule has 25 heavy (non-hydrogen) atoms. The maximum atomic E-state index is 12.5. The molecule has 4 atom stereocenters. The smallest absolute Gasteiger partial charge is 0.291 e. The van der Waals surface area contributed by atoms with Crippen LogP contribution in [-0.4, -0.2) is 17.9 Å². The van der Waals surface area contributed by atoms with Crippen LogP contribution in [0.1, 0.15) is 52.8 Å². The molecule has 0 radical (unpaired) electrons. The Morgan fingerprint density at radius 1 is 1.20 bits per heavy atom. The van der Waals surface area contributed by atoms with Crippen molar-refractivity contribution < 1.29 is 14.0 Å². The fourth-order valence-electron chi connectivity index (χ4n) is 4.40. The molecule has 6 heteroatoms. The number of carbonyl (C=O) groups excluding carboxylic acids is 2. The van der Waals surface area contributed by atoms with Gasteiger partial charge in [-0.15, -0.1) is 11.3 Å². The van der Waals surface area contributed by atoms with Crippen LogP contribution < -0.4 is 10.6 Å². The van der Waals surface area contributed by atoms with Crippen LogP contribution in [0.4, 0.5) is 5.00 Å².